The van der Waals surface area contributed by atoms with Gasteiger partial charge in [-0.15, -0.1) is 0 Å². The number of carboxylic acids is 1. The standard InChI is InChI=1S/C19H30N2O2/c1-13(2)10-16(19(22)23)12-21-17-8-4-7-15(11-17)18-14(3)6-5-9-20-18/h5-6,9,13,15-17,21H,4,7-8,10-12H2,1-3H3,(H,22,23). The van der Waals surface area contributed by atoms with E-state index in [1.807, 2.05) is 12.3 Å². The molecule has 1 heterocycles. The summed E-state index contributed by atoms with van der Waals surface area (Å²) in [4.78, 5) is 16.0. The van der Waals surface area contributed by atoms with Gasteiger partial charge in [-0.05, 0) is 50.2 Å². The van der Waals surface area contributed by atoms with Gasteiger partial charge >= 0.3 is 5.97 Å². The summed E-state index contributed by atoms with van der Waals surface area (Å²) in [6, 6.07) is 4.52. The Morgan fingerprint density at radius 2 is 2.22 bits per heavy atom. The fourth-order valence-corrected chi connectivity index (χ4v) is 3.70. The van der Waals surface area contributed by atoms with Gasteiger partial charge in [0, 0.05) is 30.4 Å². The highest BCUT2D eigenvalue weighted by Gasteiger charge is 2.26. The molecule has 1 aromatic rings. The fraction of sp³-hybridized carbons (Fsp3) is 0.684. The molecule has 23 heavy (non-hydrogen) atoms. The molecule has 0 saturated heterocycles. The highest BCUT2D eigenvalue weighted by atomic mass is 16.4. The van der Waals surface area contributed by atoms with Crippen molar-refractivity contribution >= 4 is 5.97 Å². The van der Waals surface area contributed by atoms with Crippen molar-refractivity contribution < 1.29 is 9.90 Å². The summed E-state index contributed by atoms with van der Waals surface area (Å²) in [6.45, 7) is 6.86. The van der Waals surface area contributed by atoms with Crippen molar-refractivity contribution in [3.05, 3.63) is 29.6 Å². The first-order valence-electron chi connectivity index (χ1n) is 8.85. The Morgan fingerprint density at radius 3 is 2.87 bits per heavy atom. The molecule has 1 saturated carbocycles. The minimum Gasteiger partial charge on any atom is -0.481 e. The highest BCUT2D eigenvalue weighted by Crippen LogP contribution is 2.33. The number of nitrogens with one attached hydrogen (secondary N) is 1. The van der Waals surface area contributed by atoms with Crippen LogP contribution in [0.25, 0.3) is 0 Å². The average molecular weight is 318 g/mol. The van der Waals surface area contributed by atoms with E-state index in [-0.39, 0.29) is 5.92 Å². The summed E-state index contributed by atoms with van der Waals surface area (Å²) in [5, 5.41) is 12.9. The van der Waals surface area contributed by atoms with Crippen molar-refractivity contribution in [1.29, 1.82) is 0 Å². The molecule has 1 fully saturated rings. The van der Waals surface area contributed by atoms with Gasteiger partial charge in [-0.25, -0.2) is 0 Å². The minimum absolute atomic E-state index is 0.285. The predicted molar refractivity (Wildman–Crippen MR) is 92.6 cm³/mol. The zero-order chi connectivity index (χ0) is 16.8. The van der Waals surface area contributed by atoms with Crippen molar-refractivity contribution in [2.75, 3.05) is 6.54 Å². The van der Waals surface area contributed by atoms with E-state index < -0.39 is 5.97 Å². The molecule has 128 valence electrons. The van der Waals surface area contributed by atoms with E-state index in [4.69, 9.17) is 0 Å². The molecule has 0 aromatic carbocycles. The topological polar surface area (TPSA) is 62.2 Å². The molecule has 4 heteroatoms. The van der Waals surface area contributed by atoms with Crippen LogP contribution in [0.2, 0.25) is 0 Å². The number of aromatic nitrogens is 1. The highest BCUT2D eigenvalue weighted by molar-refractivity contribution is 5.70. The Labute approximate surface area is 139 Å². The van der Waals surface area contributed by atoms with E-state index in [0.717, 1.165) is 19.3 Å². The maximum atomic E-state index is 11.4. The van der Waals surface area contributed by atoms with Crippen LogP contribution in [0.1, 0.15) is 63.1 Å². The first kappa shape index (κ1) is 17.9. The predicted octanol–water partition coefficient (Wildman–Crippen LogP) is 3.75. The second-order valence-electron chi connectivity index (χ2n) is 7.34. The number of pyridine rings is 1. The summed E-state index contributed by atoms with van der Waals surface area (Å²) < 4.78 is 0. The van der Waals surface area contributed by atoms with Crippen LogP contribution >= 0.6 is 0 Å². The Kier molecular flexibility index (Phi) is 6.58. The second kappa shape index (κ2) is 8.44. The van der Waals surface area contributed by atoms with Crippen LogP contribution in [0.5, 0.6) is 0 Å². The number of hydrogen-bond acceptors (Lipinski definition) is 3. The van der Waals surface area contributed by atoms with Crippen molar-refractivity contribution in [2.24, 2.45) is 11.8 Å². The first-order valence-corrected chi connectivity index (χ1v) is 8.85. The Bertz CT molecular complexity index is 516. The summed E-state index contributed by atoms with van der Waals surface area (Å²) >= 11 is 0. The van der Waals surface area contributed by atoms with Gasteiger partial charge in [0.1, 0.15) is 0 Å². The number of aryl methyl sites for hydroxylation is 1. The fourth-order valence-electron chi connectivity index (χ4n) is 3.70. The summed E-state index contributed by atoms with van der Waals surface area (Å²) in [7, 11) is 0. The second-order valence-corrected chi connectivity index (χ2v) is 7.34. The molecular weight excluding hydrogens is 288 g/mol. The Hall–Kier alpha value is -1.42. The molecular formula is C19H30N2O2. The van der Waals surface area contributed by atoms with Crippen molar-refractivity contribution in [3.8, 4) is 0 Å². The lowest BCUT2D eigenvalue weighted by Gasteiger charge is -2.31. The molecule has 2 rings (SSSR count). The maximum Gasteiger partial charge on any atom is 0.307 e. The van der Waals surface area contributed by atoms with Crippen molar-refractivity contribution in [2.45, 2.75) is 64.8 Å². The number of rotatable bonds is 7. The van der Waals surface area contributed by atoms with E-state index in [1.165, 1.54) is 24.1 Å². The largest absolute Gasteiger partial charge is 0.481 e. The molecule has 4 nitrogen and oxygen atoms in total. The SMILES string of the molecule is Cc1cccnc1C1CCCC(NCC(CC(C)C)C(=O)O)C1. The molecule has 1 aromatic heterocycles. The molecule has 0 spiro atoms. The van der Waals surface area contributed by atoms with Crippen LogP contribution in [0.4, 0.5) is 0 Å². The lowest BCUT2D eigenvalue weighted by atomic mass is 9.82. The zero-order valence-electron chi connectivity index (χ0n) is 14.6. The Morgan fingerprint density at radius 1 is 1.43 bits per heavy atom. The van der Waals surface area contributed by atoms with Crippen LogP contribution < -0.4 is 5.32 Å². The minimum atomic E-state index is -0.681. The number of carboxylic acid groups (broad SMARTS) is 1. The lowest BCUT2D eigenvalue weighted by Crippen LogP contribution is -2.39. The number of carbonyl (C=O) groups is 1. The summed E-state index contributed by atoms with van der Waals surface area (Å²) in [5.41, 5.74) is 2.48. The third kappa shape index (κ3) is 5.31. The smallest absolute Gasteiger partial charge is 0.307 e. The van der Waals surface area contributed by atoms with Gasteiger partial charge in [0.2, 0.25) is 0 Å². The van der Waals surface area contributed by atoms with Crippen LogP contribution in [0, 0.1) is 18.8 Å². The number of nitrogens with zero attached hydrogens (tertiary/aromatic N) is 1. The molecule has 3 unspecified atom stereocenters. The van der Waals surface area contributed by atoms with Gasteiger partial charge in [0.25, 0.3) is 0 Å². The normalized spacial score (nSPS) is 23.0. The zero-order valence-corrected chi connectivity index (χ0v) is 14.6. The molecule has 3 atom stereocenters. The average Bonchev–Trinajstić information content (AvgIpc) is 2.51. The van der Waals surface area contributed by atoms with Gasteiger partial charge in [0.05, 0.1) is 5.92 Å². The van der Waals surface area contributed by atoms with Gasteiger partial charge in [-0.2, -0.15) is 0 Å². The van der Waals surface area contributed by atoms with E-state index in [0.29, 0.717) is 24.4 Å². The quantitative estimate of drug-likeness (QED) is 0.803. The van der Waals surface area contributed by atoms with E-state index in [2.05, 4.69) is 37.1 Å². The third-order valence-electron chi connectivity index (χ3n) is 4.87. The molecule has 1 aliphatic carbocycles. The lowest BCUT2D eigenvalue weighted by molar-refractivity contribution is -0.142. The van der Waals surface area contributed by atoms with Gasteiger partial charge in [-0.3, -0.25) is 9.78 Å². The monoisotopic (exact) mass is 318 g/mol. The third-order valence-corrected chi connectivity index (χ3v) is 4.87. The van der Waals surface area contributed by atoms with Crippen molar-refractivity contribution in [3.63, 3.8) is 0 Å². The van der Waals surface area contributed by atoms with Crippen LogP contribution in [-0.2, 0) is 4.79 Å². The van der Waals surface area contributed by atoms with Gasteiger partial charge < -0.3 is 10.4 Å². The molecule has 0 amide bonds. The number of hydrogen-bond donors (Lipinski definition) is 2. The number of aliphatic carboxylic acids is 1. The van der Waals surface area contributed by atoms with Gasteiger partial charge in [-0.1, -0.05) is 26.3 Å². The summed E-state index contributed by atoms with van der Waals surface area (Å²) in [6.07, 6.45) is 7.17. The molecule has 2 N–H and O–H groups in total. The van der Waals surface area contributed by atoms with Crippen LogP contribution in [0.15, 0.2) is 18.3 Å². The molecule has 0 aliphatic heterocycles. The van der Waals surface area contributed by atoms with Crippen molar-refractivity contribution in [1.82, 2.24) is 10.3 Å². The summed E-state index contributed by atoms with van der Waals surface area (Å²) in [5.74, 6) is -0.0601. The molecule has 1 aliphatic rings. The Balaban J connectivity index is 1.91. The van der Waals surface area contributed by atoms with Gasteiger partial charge in [0.15, 0.2) is 0 Å². The van der Waals surface area contributed by atoms with E-state index in [9.17, 15) is 9.90 Å². The molecule has 0 bridgehead atoms. The molecule has 0 radical (unpaired) electrons. The first-order chi connectivity index (χ1) is 11.0. The van der Waals surface area contributed by atoms with E-state index >= 15 is 0 Å². The van der Waals surface area contributed by atoms with Crippen LogP contribution in [-0.4, -0.2) is 28.6 Å². The van der Waals surface area contributed by atoms with Crippen LogP contribution in [0.3, 0.4) is 0 Å². The van der Waals surface area contributed by atoms with E-state index in [1.54, 1.807) is 0 Å². The maximum absolute atomic E-state index is 11.4.